The van der Waals surface area contributed by atoms with E-state index in [0.29, 0.717) is 19.0 Å². The van der Waals surface area contributed by atoms with Crippen LogP contribution in [0.4, 0.5) is 0 Å². The number of rotatable bonds is 8. The van der Waals surface area contributed by atoms with Crippen molar-refractivity contribution >= 4 is 5.96 Å². The highest BCUT2D eigenvalue weighted by Gasteiger charge is 2.28. The first-order chi connectivity index (χ1) is 15.0. The maximum absolute atomic E-state index is 10.8. The second-order valence-electron chi connectivity index (χ2n) is 9.07. The van der Waals surface area contributed by atoms with Gasteiger partial charge in [0.1, 0.15) is 0 Å². The number of hydrogen-bond acceptors (Lipinski definition) is 5. The van der Waals surface area contributed by atoms with Gasteiger partial charge < -0.3 is 25.2 Å². The van der Waals surface area contributed by atoms with Crippen LogP contribution in [0.1, 0.15) is 43.9 Å². The Bertz CT molecular complexity index is 687. The molecule has 0 bridgehead atoms. The molecule has 2 saturated heterocycles. The molecule has 0 spiro atoms. The molecule has 0 aromatic heterocycles. The zero-order chi connectivity index (χ0) is 22.1. The van der Waals surface area contributed by atoms with Gasteiger partial charge in [-0.25, -0.2) is 0 Å². The maximum Gasteiger partial charge on any atom is 0.191 e. The van der Waals surface area contributed by atoms with Crippen LogP contribution in [-0.4, -0.2) is 80.7 Å². The van der Waals surface area contributed by atoms with E-state index in [9.17, 15) is 5.11 Å². The first kappa shape index (κ1) is 24.0. The van der Waals surface area contributed by atoms with Gasteiger partial charge in [0.25, 0.3) is 0 Å². The van der Waals surface area contributed by atoms with Crippen LogP contribution in [0.5, 0.6) is 0 Å². The van der Waals surface area contributed by atoms with Crippen LogP contribution >= 0.6 is 0 Å². The van der Waals surface area contributed by atoms with Gasteiger partial charge in [0.05, 0.1) is 31.5 Å². The Hall–Kier alpha value is -1.67. The molecule has 7 nitrogen and oxygen atoms in total. The van der Waals surface area contributed by atoms with Crippen molar-refractivity contribution in [1.29, 1.82) is 0 Å². The molecule has 0 aliphatic carbocycles. The Morgan fingerprint density at radius 2 is 1.94 bits per heavy atom. The summed E-state index contributed by atoms with van der Waals surface area (Å²) in [5.74, 6) is 1.13. The number of ether oxygens (including phenoxy) is 2. The first-order valence-corrected chi connectivity index (χ1v) is 11.7. The first-order valence-electron chi connectivity index (χ1n) is 11.7. The van der Waals surface area contributed by atoms with Crippen LogP contribution in [0.2, 0.25) is 0 Å². The van der Waals surface area contributed by atoms with E-state index in [-0.39, 0.29) is 6.10 Å². The summed E-state index contributed by atoms with van der Waals surface area (Å²) in [6.07, 6.45) is 2.31. The third-order valence-corrected chi connectivity index (χ3v) is 5.97. The van der Waals surface area contributed by atoms with Gasteiger partial charge in [-0.1, -0.05) is 29.8 Å². The summed E-state index contributed by atoms with van der Waals surface area (Å²) in [7, 11) is 0. The van der Waals surface area contributed by atoms with Gasteiger partial charge >= 0.3 is 0 Å². The largest absolute Gasteiger partial charge is 0.387 e. The molecule has 3 rings (SSSR count). The van der Waals surface area contributed by atoms with Gasteiger partial charge in [-0.05, 0) is 39.2 Å². The summed E-state index contributed by atoms with van der Waals surface area (Å²) in [5.41, 5.74) is 1.63. The van der Waals surface area contributed by atoms with Gasteiger partial charge in [-0.2, -0.15) is 0 Å². The maximum atomic E-state index is 10.8. The Balaban J connectivity index is 1.57. The lowest BCUT2D eigenvalue weighted by atomic mass is 9.89. The number of hydrogen-bond donors (Lipinski definition) is 3. The number of aliphatic hydroxyl groups is 1. The molecule has 2 aliphatic heterocycles. The molecule has 1 aromatic rings. The summed E-state index contributed by atoms with van der Waals surface area (Å²) in [6.45, 7) is 12.5. The Morgan fingerprint density at radius 3 is 2.65 bits per heavy atom. The smallest absolute Gasteiger partial charge is 0.191 e. The summed E-state index contributed by atoms with van der Waals surface area (Å²) < 4.78 is 11.6. The van der Waals surface area contributed by atoms with E-state index in [1.807, 2.05) is 6.92 Å². The van der Waals surface area contributed by atoms with Crippen molar-refractivity contribution in [3.05, 3.63) is 35.4 Å². The van der Waals surface area contributed by atoms with E-state index < -0.39 is 5.60 Å². The molecular formula is C24H40N4O3. The van der Waals surface area contributed by atoms with Crippen LogP contribution in [0.15, 0.2) is 29.3 Å². The number of benzene rings is 1. The Morgan fingerprint density at radius 1 is 1.19 bits per heavy atom. The number of aryl methyl sites for hydroxylation is 1. The summed E-state index contributed by atoms with van der Waals surface area (Å²) >= 11 is 0. The molecule has 0 saturated carbocycles. The third-order valence-electron chi connectivity index (χ3n) is 5.97. The fraction of sp³-hybridized carbons (Fsp3) is 0.708. The van der Waals surface area contributed by atoms with Crippen molar-refractivity contribution in [2.45, 2.75) is 45.3 Å². The highest BCUT2D eigenvalue weighted by molar-refractivity contribution is 5.79. The number of guanidine groups is 1. The van der Waals surface area contributed by atoms with Crippen LogP contribution in [0.3, 0.4) is 0 Å². The lowest BCUT2D eigenvalue weighted by Crippen LogP contribution is -2.48. The van der Waals surface area contributed by atoms with Crippen molar-refractivity contribution in [2.24, 2.45) is 10.9 Å². The quantitative estimate of drug-likeness (QED) is 0.431. The fourth-order valence-corrected chi connectivity index (χ4v) is 4.29. The van der Waals surface area contributed by atoms with Crippen LogP contribution < -0.4 is 10.6 Å². The number of nitrogens with one attached hydrogen (secondary N) is 2. The number of morpholine rings is 1. The van der Waals surface area contributed by atoms with Gasteiger partial charge in [0.2, 0.25) is 0 Å². The molecule has 31 heavy (non-hydrogen) atoms. The lowest BCUT2D eigenvalue weighted by Gasteiger charge is -2.33. The summed E-state index contributed by atoms with van der Waals surface area (Å²) in [6, 6.07) is 8.67. The number of aliphatic imine (C=N–C) groups is 1. The minimum Gasteiger partial charge on any atom is -0.387 e. The van der Waals surface area contributed by atoms with Gasteiger partial charge in [-0.3, -0.25) is 9.89 Å². The van der Waals surface area contributed by atoms with E-state index >= 15 is 0 Å². The predicted molar refractivity (Wildman–Crippen MR) is 124 cm³/mol. The highest BCUT2D eigenvalue weighted by atomic mass is 16.5. The van der Waals surface area contributed by atoms with Crippen molar-refractivity contribution in [1.82, 2.24) is 15.5 Å². The second-order valence-corrected chi connectivity index (χ2v) is 9.07. The molecule has 3 unspecified atom stereocenters. The molecular weight excluding hydrogens is 392 g/mol. The SMILES string of the molecule is CCNC(=NCC(C)(O)CN1CCOCC1)NCC1CCCOC1c1ccc(C)cc1. The van der Waals surface area contributed by atoms with Crippen LogP contribution in [0, 0.1) is 12.8 Å². The highest BCUT2D eigenvalue weighted by Crippen LogP contribution is 2.33. The van der Waals surface area contributed by atoms with Gasteiger partial charge in [-0.15, -0.1) is 0 Å². The Labute approximate surface area is 187 Å². The van der Waals surface area contributed by atoms with Crippen molar-refractivity contribution in [3.63, 3.8) is 0 Å². The minimum atomic E-state index is -0.877. The molecule has 2 aliphatic rings. The van der Waals surface area contributed by atoms with Gasteiger partial charge in [0.15, 0.2) is 5.96 Å². The number of β-amino-alcohol motifs (C(OH)–C–C–N with tert-alkyl or cyclic N) is 1. The molecule has 3 N–H and O–H groups in total. The van der Waals surface area contributed by atoms with E-state index in [1.165, 1.54) is 11.1 Å². The van der Waals surface area contributed by atoms with E-state index in [0.717, 1.165) is 64.8 Å². The van der Waals surface area contributed by atoms with E-state index in [1.54, 1.807) is 0 Å². The van der Waals surface area contributed by atoms with Crippen LogP contribution in [-0.2, 0) is 9.47 Å². The summed E-state index contributed by atoms with van der Waals surface area (Å²) in [5, 5.41) is 17.7. The standard InChI is InChI=1S/C24H40N4O3/c1-4-25-23(27-17-24(3,29)18-28-11-14-30-15-12-28)26-16-21-6-5-13-31-22(21)20-9-7-19(2)8-10-20/h7-10,21-22,29H,4-6,11-18H2,1-3H3,(H2,25,26,27). The van der Waals surface area contributed by atoms with Crippen LogP contribution in [0.25, 0.3) is 0 Å². The average molecular weight is 433 g/mol. The number of nitrogens with zero attached hydrogens (tertiary/aromatic N) is 2. The molecule has 2 heterocycles. The second kappa shape index (κ2) is 11.8. The third kappa shape index (κ3) is 7.75. The molecule has 0 radical (unpaired) electrons. The van der Waals surface area contributed by atoms with Crippen molar-refractivity contribution in [2.75, 3.05) is 59.1 Å². The lowest BCUT2D eigenvalue weighted by molar-refractivity contribution is -0.0266. The average Bonchev–Trinajstić information content (AvgIpc) is 2.77. The van der Waals surface area contributed by atoms with Crippen molar-refractivity contribution in [3.8, 4) is 0 Å². The molecule has 0 amide bonds. The van der Waals surface area contributed by atoms with E-state index in [2.05, 4.69) is 53.6 Å². The molecule has 3 atom stereocenters. The normalized spacial score (nSPS) is 25.1. The zero-order valence-electron chi connectivity index (χ0n) is 19.4. The molecule has 174 valence electrons. The molecule has 7 heteroatoms. The summed E-state index contributed by atoms with van der Waals surface area (Å²) in [4.78, 5) is 6.93. The predicted octanol–water partition coefficient (Wildman–Crippen LogP) is 2.10. The monoisotopic (exact) mass is 432 g/mol. The van der Waals surface area contributed by atoms with Gasteiger partial charge in [0, 0.05) is 45.2 Å². The zero-order valence-corrected chi connectivity index (χ0v) is 19.4. The Kier molecular flexibility index (Phi) is 9.14. The minimum absolute atomic E-state index is 0.106. The van der Waals surface area contributed by atoms with E-state index in [4.69, 9.17) is 14.5 Å². The van der Waals surface area contributed by atoms with Crippen molar-refractivity contribution < 1.29 is 14.6 Å². The fourth-order valence-electron chi connectivity index (χ4n) is 4.29. The topological polar surface area (TPSA) is 78.4 Å². The molecule has 2 fully saturated rings. The molecule has 1 aromatic carbocycles.